The molecular weight excluding hydrogens is 303 g/mol. The van der Waals surface area contributed by atoms with Crippen molar-refractivity contribution in [2.45, 2.75) is 32.6 Å². The van der Waals surface area contributed by atoms with Crippen molar-refractivity contribution in [3.63, 3.8) is 0 Å². The van der Waals surface area contributed by atoms with Crippen molar-refractivity contribution in [3.8, 4) is 0 Å². The monoisotopic (exact) mass is 323 g/mol. The molecule has 0 aromatic carbocycles. The van der Waals surface area contributed by atoms with Crippen LogP contribution in [0.5, 0.6) is 0 Å². The normalized spacial score (nSPS) is 18.3. The Morgan fingerprint density at radius 1 is 1.16 bits per heavy atom. The molecule has 4 nitrogen and oxygen atoms in total. The van der Waals surface area contributed by atoms with Crippen molar-refractivity contribution >= 4 is 26.5 Å². The molecule has 0 saturated carbocycles. The first-order valence-corrected chi connectivity index (χ1v) is 7.58. The molecule has 101 valence electrons. The van der Waals surface area contributed by atoms with Crippen LogP contribution < -0.4 is 0 Å². The van der Waals surface area contributed by atoms with E-state index in [0.29, 0.717) is 0 Å². The maximum absolute atomic E-state index is 4.30. The van der Waals surface area contributed by atoms with Gasteiger partial charge in [0.1, 0.15) is 0 Å². The summed E-state index contributed by atoms with van der Waals surface area (Å²) in [7, 11) is 0. The van der Waals surface area contributed by atoms with Gasteiger partial charge in [-0.05, 0) is 0 Å². The zero-order chi connectivity index (χ0) is 13.5. The Kier molecular flexibility index (Phi) is 5.55. The van der Waals surface area contributed by atoms with Gasteiger partial charge in [0.2, 0.25) is 0 Å². The Morgan fingerprint density at radius 2 is 1.89 bits per heavy atom. The Hall–Kier alpha value is -1.19. The van der Waals surface area contributed by atoms with Crippen molar-refractivity contribution in [3.05, 3.63) is 30.1 Å². The molecule has 1 aromatic heterocycles. The SMILES string of the molecule is C/C(=N/N=C(/[Se])N1CCCCCC1)c1ccccn1. The van der Waals surface area contributed by atoms with Crippen LogP contribution in [-0.2, 0) is 0 Å². The number of nitrogens with zero attached hydrogens (tertiary/aromatic N) is 4. The van der Waals surface area contributed by atoms with Crippen LogP contribution in [0.1, 0.15) is 38.3 Å². The average Bonchev–Trinajstić information content (AvgIpc) is 2.74. The number of rotatable bonds is 2. The Bertz CT molecular complexity index is 448. The van der Waals surface area contributed by atoms with Gasteiger partial charge in [-0.3, -0.25) is 0 Å². The summed E-state index contributed by atoms with van der Waals surface area (Å²) in [5.41, 5.74) is 1.71. The van der Waals surface area contributed by atoms with Crippen LogP contribution in [0, 0.1) is 0 Å². The summed E-state index contributed by atoms with van der Waals surface area (Å²) >= 11 is 3.03. The minimum absolute atomic E-state index is 0.836. The summed E-state index contributed by atoms with van der Waals surface area (Å²) in [5.74, 6) is 0. The van der Waals surface area contributed by atoms with E-state index < -0.39 is 0 Å². The number of amidine groups is 1. The van der Waals surface area contributed by atoms with Gasteiger partial charge in [-0.1, -0.05) is 0 Å². The van der Waals surface area contributed by atoms with Gasteiger partial charge in [0.05, 0.1) is 0 Å². The molecule has 2 heterocycles. The van der Waals surface area contributed by atoms with E-state index in [4.69, 9.17) is 0 Å². The van der Waals surface area contributed by atoms with Crippen LogP contribution >= 0.6 is 0 Å². The molecule has 0 N–H and O–H groups in total. The van der Waals surface area contributed by atoms with E-state index in [2.05, 4.69) is 36.1 Å². The first-order chi connectivity index (χ1) is 9.27. The molecular formula is C14H19N4Se. The second kappa shape index (κ2) is 7.41. The summed E-state index contributed by atoms with van der Waals surface area (Å²) in [6, 6.07) is 5.80. The van der Waals surface area contributed by atoms with Crippen molar-refractivity contribution in [1.82, 2.24) is 9.88 Å². The molecule has 19 heavy (non-hydrogen) atoms. The molecule has 0 amide bonds. The third-order valence-electron chi connectivity index (χ3n) is 3.20. The second-order valence-electron chi connectivity index (χ2n) is 4.68. The minimum atomic E-state index is 0.836. The molecule has 1 aliphatic heterocycles. The van der Waals surface area contributed by atoms with E-state index in [1.165, 1.54) is 25.7 Å². The summed E-state index contributed by atoms with van der Waals surface area (Å²) in [4.78, 5) is 6.54. The predicted molar refractivity (Wildman–Crippen MR) is 79.7 cm³/mol. The third-order valence-corrected chi connectivity index (χ3v) is 3.91. The molecule has 0 spiro atoms. The quantitative estimate of drug-likeness (QED) is 0.362. The molecule has 1 aliphatic rings. The van der Waals surface area contributed by atoms with Crippen molar-refractivity contribution in [1.29, 1.82) is 0 Å². The van der Waals surface area contributed by atoms with Crippen LogP contribution in [0.25, 0.3) is 0 Å². The first-order valence-electron chi connectivity index (χ1n) is 6.73. The van der Waals surface area contributed by atoms with E-state index in [0.717, 1.165) is 29.2 Å². The first kappa shape index (κ1) is 14.2. The van der Waals surface area contributed by atoms with Gasteiger partial charge < -0.3 is 0 Å². The van der Waals surface area contributed by atoms with E-state index in [1.54, 1.807) is 6.20 Å². The van der Waals surface area contributed by atoms with Gasteiger partial charge in [0.15, 0.2) is 0 Å². The summed E-state index contributed by atoms with van der Waals surface area (Å²) in [6.45, 7) is 4.08. The fraction of sp³-hybridized carbons (Fsp3) is 0.500. The molecule has 5 heteroatoms. The van der Waals surface area contributed by atoms with Crippen LogP contribution in [-0.4, -0.2) is 49.4 Å². The van der Waals surface area contributed by atoms with E-state index in [1.807, 2.05) is 25.1 Å². The second-order valence-corrected chi connectivity index (χ2v) is 5.45. The van der Waals surface area contributed by atoms with E-state index in [-0.39, 0.29) is 0 Å². The van der Waals surface area contributed by atoms with Gasteiger partial charge in [-0.15, -0.1) is 0 Å². The molecule has 0 atom stereocenters. The fourth-order valence-electron chi connectivity index (χ4n) is 2.07. The molecule has 1 fully saturated rings. The van der Waals surface area contributed by atoms with Crippen LogP contribution in [0.15, 0.2) is 34.6 Å². The zero-order valence-corrected chi connectivity index (χ0v) is 13.0. The molecule has 1 aromatic rings. The summed E-state index contributed by atoms with van der Waals surface area (Å²) in [5, 5.41) is 8.57. The molecule has 1 radical (unpaired) electrons. The van der Waals surface area contributed by atoms with E-state index >= 15 is 0 Å². The molecule has 2 rings (SSSR count). The zero-order valence-electron chi connectivity index (χ0n) is 11.2. The number of likely N-dealkylation sites (tertiary alicyclic amines) is 1. The van der Waals surface area contributed by atoms with Crippen LogP contribution in [0.2, 0.25) is 0 Å². The number of hydrogen-bond donors (Lipinski definition) is 0. The summed E-state index contributed by atoms with van der Waals surface area (Å²) < 4.78 is 0.886. The Labute approximate surface area is 122 Å². The van der Waals surface area contributed by atoms with Gasteiger partial charge in [0.25, 0.3) is 0 Å². The van der Waals surface area contributed by atoms with Crippen molar-refractivity contribution < 1.29 is 0 Å². The maximum atomic E-state index is 4.30. The number of aromatic nitrogens is 1. The standard InChI is InChI=1S/C14H19N4Se/c1-12(13-8-4-5-9-15-13)16-17-14(19)18-10-6-2-3-7-11-18/h4-5,8-9H,2-3,6-7,10-11H2,1H3/b16-12-,17-14+. The van der Waals surface area contributed by atoms with Gasteiger partial charge in [-0.2, -0.15) is 0 Å². The third kappa shape index (κ3) is 4.44. The average molecular weight is 322 g/mol. The van der Waals surface area contributed by atoms with Gasteiger partial charge in [-0.25, -0.2) is 0 Å². The topological polar surface area (TPSA) is 40.9 Å². The van der Waals surface area contributed by atoms with Crippen LogP contribution in [0.4, 0.5) is 0 Å². The molecule has 0 aliphatic carbocycles. The summed E-state index contributed by atoms with van der Waals surface area (Å²) in [6.07, 6.45) is 6.89. The Morgan fingerprint density at radius 3 is 2.53 bits per heavy atom. The fourth-order valence-corrected chi connectivity index (χ4v) is 2.54. The number of pyridine rings is 1. The predicted octanol–water partition coefficient (Wildman–Crippen LogP) is 2.21. The Balaban J connectivity index is 2.03. The van der Waals surface area contributed by atoms with Gasteiger partial charge in [0, 0.05) is 0 Å². The molecule has 0 bridgehead atoms. The van der Waals surface area contributed by atoms with Crippen LogP contribution in [0.3, 0.4) is 0 Å². The molecule has 1 saturated heterocycles. The van der Waals surface area contributed by atoms with E-state index in [9.17, 15) is 0 Å². The van der Waals surface area contributed by atoms with Gasteiger partial charge >= 0.3 is 122 Å². The molecule has 0 unspecified atom stereocenters. The number of hydrogen-bond acceptors (Lipinski definition) is 3. The van der Waals surface area contributed by atoms with Crippen molar-refractivity contribution in [2.24, 2.45) is 10.2 Å². The van der Waals surface area contributed by atoms with Crippen molar-refractivity contribution in [2.75, 3.05) is 13.1 Å².